The second kappa shape index (κ2) is 7.11. The van der Waals surface area contributed by atoms with Gasteiger partial charge in [-0.1, -0.05) is 17.7 Å². The lowest BCUT2D eigenvalue weighted by Crippen LogP contribution is -2.32. The van der Waals surface area contributed by atoms with Gasteiger partial charge in [0, 0.05) is 11.3 Å². The molecule has 0 aliphatic heterocycles. The molecule has 0 fully saturated rings. The minimum Gasteiger partial charge on any atom is -0.374 e. The first-order valence-corrected chi connectivity index (χ1v) is 7.17. The standard InChI is InChI=1S/C16H15ClFN3O2/c1-9(20-12-4-2-3-10(7-12)15(19)22)16(23)21-14-6-5-11(18)8-13(14)17/h2-9,20H,1H3,(H2,19,22)(H,21,23). The predicted octanol–water partition coefficient (Wildman–Crippen LogP) is 3.02. The Hall–Kier alpha value is -2.60. The van der Waals surface area contributed by atoms with E-state index in [2.05, 4.69) is 10.6 Å². The number of primary amides is 1. The highest BCUT2D eigenvalue weighted by Gasteiger charge is 2.15. The lowest BCUT2D eigenvalue weighted by Gasteiger charge is -2.16. The first-order chi connectivity index (χ1) is 10.9. The van der Waals surface area contributed by atoms with E-state index < -0.39 is 17.8 Å². The minimum atomic E-state index is -0.612. The molecular formula is C16H15ClFN3O2. The SMILES string of the molecule is CC(Nc1cccc(C(N)=O)c1)C(=O)Nc1ccc(F)cc1Cl. The summed E-state index contributed by atoms with van der Waals surface area (Å²) >= 11 is 5.87. The number of amides is 2. The number of hydrogen-bond donors (Lipinski definition) is 3. The largest absolute Gasteiger partial charge is 0.374 e. The van der Waals surface area contributed by atoms with Gasteiger partial charge in [-0.05, 0) is 43.3 Å². The Balaban J connectivity index is 2.05. The maximum absolute atomic E-state index is 13.0. The van der Waals surface area contributed by atoms with Crippen LogP contribution in [0.4, 0.5) is 15.8 Å². The minimum absolute atomic E-state index is 0.112. The highest BCUT2D eigenvalue weighted by atomic mass is 35.5. The average molecular weight is 336 g/mol. The van der Waals surface area contributed by atoms with E-state index in [1.165, 1.54) is 12.1 Å². The maximum Gasteiger partial charge on any atom is 0.248 e. The molecule has 2 amide bonds. The third-order valence-electron chi connectivity index (χ3n) is 3.11. The third kappa shape index (κ3) is 4.43. The van der Waals surface area contributed by atoms with Gasteiger partial charge >= 0.3 is 0 Å². The molecule has 2 aromatic rings. The van der Waals surface area contributed by atoms with Crippen LogP contribution in [-0.4, -0.2) is 17.9 Å². The van der Waals surface area contributed by atoms with Gasteiger partial charge in [0.1, 0.15) is 11.9 Å². The molecule has 0 aliphatic carbocycles. The molecule has 7 heteroatoms. The number of carbonyl (C=O) groups is 2. The van der Waals surface area contributed by atoms with E-state index in [-0.39, 0.29) is 10.9 Å². The number of carbonyl (C=O) groups excluding carboxylic acids is 2. The molecule has 0 spiro atoms. The van der Waals surface area contributed by atoms with E-state index in [1.807, 2.05) is 0 Å². The van der Waals surface area contributed by atoms with Crippen molar-refractivity contribution < 1.29 is 14.0 Å². The Morgan fingerprint density at radius 2 is 1.96 bits per heavy atom. The summed E-state index contributed by atoms with van der Waals surface area (Å²) in [6, 6.07) is 9.59. The van der Waals surface area contributed by atoms with Gasteiger partial charge in [0.25, 0.3) is 0 Å². The fraction of sp³-hybridized carbons (Fsp3) is 0.125. The zero-order valence-corrected chi connectivity index (χ0v) is 13.0. The summed E-state index contributed by atoms with van der Waals surface area (Å²) in [4.78, 5) is 23.3. The molecule has 23 heavy (non-hydrogen) atoms. The molecule has 1 atom stereocenters. The van der Waals surface area contributed by atoms with Gasteiger partial charge in [0.15, 0.2) is 0 Å². The lowest BCUT2D eigenvalue weighted by molar-refractivity contribution is -0.116. The number of benzene rings is 2. The first-order valence-electron chi connectivity index (χ1n) is 6.79. The second-order valence-electron chi connectivity index (χ2n) is 4.92. The van der Waals surface area contributed by atoms with Gasteiger partial charge in [0.2, 0.25) is 11.8 Å². The van der Waals surface area contributed by atoms with Crippen molar-refractivity contribution in [1.82, 2.24) is 0 Å². The van der Waals surface area contributed by atoms with Crippen molar-refractivity contribution in [2.45, 2.75) is 13.0 Å². The van der Waals surface area contributed by atoms with Crippen LogP contribution < -0.4 is 16.4 Å². The van der Waals surface area contributed by atoms with Gasteiger partial charge in [-0.3, -0.25) is 9.59 Å². The summed E-state index contributed by atoms with van der Waals surface area (Å²) < 4.78 is 13.0. The molecule has 0 saturated heterocycles. The quantitative estimate of drug-likeness (QED) is 0.785. The number of anilines is 2. The zero-order valence-electron chi connectivity index (χ0n) is 12.3. The van der Waals surface area contributed by atoms with Crippen molar-refractivity contribution in [3.05, 3.63) is 58.9 Å². The molecule has 2 rings (SSSR count). The van der Waals surface area contributed by atoms with Crippen LogP contribution in [0.2, 0.25) is 5.02 Å². The monoisotopic (exact) mass is 335 g/mol. The van der Waals surface area contributed by atoms with Crippen LogP contribution in [0.25, 0.3) is 0 Å². The lowest BCUT2D eigenvalue weighted by atomic mass is 10.1. The topological polar surface area (TPSA) is 84.2 Å². The number of rotatable bonds is 5. The number of nitrogens with two attached hydrogens (primary N) is 1. The molecule has 0 bridgehead atoms. The van der Waals surface area contributed by atoms with Crippen molar-refractivity contribution in [2.75, 3.05) is 10.6 Å². The predicted molar refractivity (Wildman–Crippen MR) is 88.1 cm³/mol. The zero-order chi connectivity index (χ0) is 17.0. The summed E-state index contributed by atoms with van der Waals surface area (Å²) in [6.45, 7) is 1.64. The normalized spacial score (nSPS) is 11.6. The van der Waals surface area contributed by atoms with Crippen molar-refractivity contribution in [3.63, 3.8) is 0 Å². The number of halogens is 2. The van der Waals surface area contributed by atoms with E-state index in [4.69, 9.17) is 17.3 Å². The maximum atomic E-state index is 13.0. The fourth-order valence-electron chi connectivity index (χ4n) is 1.91. The molecule has 0 radical (unpaired) electrons. The Bertz CT molecular complexity index is 752. The van der Waals surface area contributed by atoms with E-state index in [0.29, 0.717) is 16.9 Å². The summed E-state index contributed by atoms with van der Waals surface area (Å²) in [7, 11) is 0. The Morgan fingerprint density at radius 1 is 1.22 bits per heavy atom. The van der Waals surface area contributed by atoms with Crippen molar-refractivity contribution >= 4 is 34.8 Å². The third-order valence-corrected chi connectivity index (χ3v) is 3.43. The molecule has 4 N–H and O–H groups in total. The van der Waals surface area contributed by atoms with E-state index in [0.717, 1.165) is 6.07 Å². The Labute approximate surface area is 137 Å². The van der Waals surface area contributed by atoms with Crippen LogP contribution in [0, 0.1) is 5.82 Å². The van der Waals surface area contributed by atoms with Crippen LogP contribution in [0.1, 0.15) is 17.3 Å². The number of nitrogens with one attached hydrogen (secondary N) is 2. The Morgan fingerprint density at radius 3 is 2.61 bits per heavy atom. The molecule has 0 aliphatic rings. The molecule has 120 valence electrons. The Kier molecular flexibility index (Phi) is 5.18. The summed E-state index contributed by atoms with van der Waals surface area (Å²) in [5.74, 6) is -1.39. The highest BCUT2D eigenvalue weighted by Crippen LogP contribution is 2.22. The van der Waals surface area contributed by atoms with Crippen molar-refractivity contribution in [1.29, 1.82) is 0 Å². The molecule has 0 saturated carbocycles. The molecule has 5 nitrogen and oxygen atoms in total. The van der Waals surface area contributed by atoms with Crippen molar-refractivity contribution in [3.8, 4) is 0 Å². The van der Waals surface area contributed by atoms with E-state index in [9.17, 15) is 14.0 Å². The van der Waals surface area contributed by atoms with Gasteiger partial charge in [-0.2, -0.15) is 0 Å². The van der Waals surface area contributed by atoms with Gasteiger partial charge < -0.3 is 16.4 Å². The smallest absolute Gasteiger partial charge is 0.248 e. The molecule has 0 aromatic heterocycles. The summed E-state index contributed by atoms with van der Waals surface area (Å²) in [5.41, 5.74) is 6.45. The van der Waals surface area contributed by atoms with Crippen LogP contribution in [0.5, 0.6) is 0 Å². The van der Waals surface area contributed by atoms with Gasteiger partial charge in [0.05, 0.1) is 10.7 Å². The second-order valence-corrected chi connectivity index (χ2v) is 5.33. The number of hydrogen-bond acceptors (Lipinski definition) is 3. The van der Waals surface area contributed by atoms with Crippen LogP contribution in [-0.2, 0) is 4.79 Å². The van der Waals surface area contributed by atoms with Crippen LogP contribution in [0.15, 0.2) is 42.5 Å². The summed E-state index contributed by atoms with van der Waals surface area (Å²) in [6.07, 6.45) is 0. The van der Waals surface area contributed by atoms with Gasteiger partial charge in [-0.25, -0.2) is 4.39 Å². The fourth-order valence-corrected chi connectivity index (χ4v) is 2.12. The van der Waals surface area contributed by atoms with E-state index >= 15 is 0 Å². The van der Waals surface area contributed by atoms with Crippen molar-refractivity contribution in [2.24, 2.45) is 5.73 Å². The summed E-state index contributed by atoms with van der Waals surface area (Å²) in [5, 5.41) is 5.67. The van der Waals surface area contributed by atoms with E-state index in [1.54, 1.807) is 31.2 Å². The molecule has 0 heterocycles. The van der Waals surface area contributed by atoms with Gasteiger partial charge in [-0.15, -0.1) is 0 Å². The van der Waals surface area contributed by atoms with Crippen LogP contribution in [0.3, 0.4) is 0 Å². The highest BCUT2D eigenvalue weighted by molar-refractivity contribution is 6.33. The van der Waals surface area contributed by atoms with Crippen LogP contribution >= 0.6 is 11.6 Å². The molecule has 1 unspecified atom stereocenters. The average Bonchev–Trinajstić information content (AvgIpc) is 2.50. The molecule has 2 aromatic carbocycles. The first kappa shape index (κ1) is 16.8. The molecular weight excluding hydrogens is 321 g/mol.